The summed E-state index contributed by atoms with van der Waals surface area (Å²) in [5.41, 5.74) is 2.90. The van der Waals surface area contributed by atoms with Gasteiger partial charge in [0.1, 0.15) is 0 Å². The Morgan fingerprint density at radius 3 is 2.59 bits per heavy atom. The fraction of sp³-hybridized carbons (Fsp3) is 0.167. The highest BCUT2D eigenvalue weighted by Crippen LogP contribution is 2.20. The maximum absolute atomic E-state index is 12.2. The second kappa shape index (κ2) is 8.45. The molecule has 0 bridgehead atoms. The molecule has 2 aromatic carbocycles. The number of methoxy groups -OCH3 is 1. The Morgan fingerprint density at radius 2 is 1.89 bits per heavy atom. The smallest absolute Gasteiger partial charge is 0.337 e. The average molecular weight is 383 g/mol. The molecule has 9 heteroatoms. The van der Waals surface area contributed by atoms with Gasteiger partial charge in [-0.1, -0.05) is 30.0 Å². The Bertz CT molecular complexity index is 956. The molecule has 1 N–H and O–H groups in total. The molecule has 0 fully saturated rings. The van der Waals surface area contributed by atoms with Gasteiger partial charge in [-0.05, 0) is 53.2 Å². The molecule has 0 aliphatic carbocycles. The molecule has 3 rings (SSSR count). The first-order valence-corrected chi connectivity index (χ1v) is 9.02. The predicted molar refractivity (Wildman–Crippen MR) is 101 cm³/mol. The third-order valence-corrected chi connectivity index (χ3v) is 4.63. The lowest BCUT2D eigenvalue weighted by Gasteiger charge is -2.08. The van der Waals surface area contributed by atoms with Gasteiger partial charge in [-0.3, -0.25) is 4.79 Å². The van der Waals surface area contributed by atoms with Gasteiger partial charge < -0.3 is 10.1 Å². The molecule has 0 atom stereocenters. The number of carbonyl (C=O) groups is 2. The largest absolute Gasteiger partial charge is 0.465 e. The van der Waals surface area contributed by atoms with E-state index in [4.69, 9.17) is 0 Å². The summed E-state index contributed by atoms with van der Waals surface area (Å²) in [5.74, 6) is -0.484. The van der Waals surface area contributed by atoms with E-state index in [1.165, 1.54) is 18.9 Å². The van der Waals surface area contributed by atoms with Crippen molar-refractivity contribution in [2.24, 2.45) is 0 Å². The summed E-state index contributed by atoms with van der Waals surface area (Å²) >= 11 is 1.24. The van der Waals surface area contributed by atoms with E-state index in [9.17, 15) is 9.59 Å². The van der Waals surface area contributed by atoms with Crippen LogP contribution < -0.4 is 5.32 Å². The summed E-state index contributed by atoms with van der Waals surface area (Å²) in [6.07, 6.45) is 0. The van der Waals surface area contributed by atoms with E-state index in [0.29, 0.717) is 16.4 Å². The van der Waals surface area contributed by atoms with Gasteiger partial charge in [-0.15, -0.1) is 5.10 Å². The minimum Gasteiger partial charge on any atom is -0.465 e. The zero-order valence-corrected chi connectivity index (χ0v) is 15.6. The van der Waals surface area contributed by atoms with E-state index < -0.39 is 5.97 Å². The number of benzene rings is 2. The molecule has 27 heavy (non-hydrogen) atoms. The first-order valence-electron chi connectivity index (χ1n) is 8.04. The quantitative estimate of drug-likeness (QED) is 0.516. The van der Waals surface area contributed by atoms with Gasteiger partial charge in [0, 0.05) is 5.69 Å². The molecule has 1 amide bonds. The molecule has 1 heterocycles. The number of anilines is 1. The molecular formula is C18H17N5O3S. The predicted octanol–water partition coefficient (Wildman–Crippen LogP) is 2.49. The third kappa shape index (κ3) is 4.50. The van der Waals surface area contributed by atoms with E-state index in [2.05, 4.69) is 25.6 Å². The highest BCUT2D eigenvalue weighted by molar-refractivity contribution is 7.99. The molecule has 0 aliphatic rings. The van der Waals surface area contributed by atoms with Crippen LogP contribution in [0.4, 0.5) is 5.69 Å². The van der Waals surface area contributed by atoms with Crippen molar-refractivity contribution in [1.29, 1.82) is 0 Å². The summed E-state index contributed by atoms with van der Waals surface area (Å²) in [5, 5.41) is 15.0. The van der Waals surface area contributed by atoms with Crippen LogP contribution in [0.1, 0.15) is 15.9 Å². The van der Waals surface area contributed by atoms with E-state index in [-0.39, 0.29) is 11.7 Å². The number of carbonyl (C=O) groups excluding carboxylic acids is 2. The number of nitrogens with one attached hydrogen (secondary N) is 1. The number of esters is 1. The summed E-state index contributed by atoms with van der Waals surface area (Å²) in [7, 11) is 1.32. The second-order valence-corrected chi connectivity index (χ2v) is 6.51. The minimum atomic E-state index is -0.425. The molecule has 0 spiro atoms. The SMILES string of the molecule is COC(=O)c1ccc(NC(=O)CSc2nnnn2-c2ccccc2C)cc1. The summed E-state index contributed by atoms with van der Waals surface area (Å²) in [6.45, 7) is 1.97. The van der Waals surface area contributed by atoms with Crippen molar-refractivity contribution < 1.29 is 14.3 Å². The van der Waals surface area contributed by atoms with Crippen LogP contribution >= 0.6 is 11.8 Å². The van der Waals surface area contributed by atoms with Crippen molar-refractivity contribution in [2.45, 2.75) is 12.1 Å². The standard InChI is InChI=1S/C18H17N5O3S/c1-12-5-3-4-6-15(12)23-18(20-21-22-23)27-11-16(24)19-14-9-7-13(8-10-14)17(25)26-2/h3-10H,11H2,1-2H3,(H,19,24). The molecule has 0 saturated heterocycles. The van der Waals surface area contributed by atoms with E-state index in [0.717, 1.165) is 11.3 Å². The van der Waals surface area contributed by atoms with Crippen molar-refractivity contribution in [3.8, 4) is 5.69 Å². The van der Waals surface area contributed by atoms with Crippen molar-refractivity contribution >= 4 is 29.3 Å². The molecule has 0 saturated carbocycles. The van der Waals surface area contributed by atoms with Crippen LogP contribution in [0.3, 0.4) is 0 Å². The fourth-order valence-electron chi connectivity index (χ4n) is 2.36. The maximum atomic E-state index is 12.2. The van der Waals surface area contributed by atoms with Gasteiger partial charge in [-0.25, -0.2) is 4.79 Å². The van der Waals surface area contributed by atoms with Crippen molar-refractivity contribution in [3.63, 3.8) is 0 Å². The van der Waals surface area contributed by atoms with Gasteiger partial charge in [-0.2, -0.15) is 4.68 Å². The summed E-state index contributed by atoms with van der Waals surface area (Å²) in [4.78, 5) is 23.6. The van der Waals surface area contributed by atoms with Gasteiger partial charge >= 0.3 is 5.97 Å². The minimum absolute atomic E-state index is 0.144. The molecular weight excluding hydrogens is 366 g/mol. The van der Waals surface area contributed by atoms with Crippen LogP contribution in [-0.2, 0) is 9.53 Å². The zero-order valence-electron chi connectivity index (χ0n) is 14.7. The van der Waals surface area contributed by atoms with Crippen molar-refractivity contribution in [1.82, 2.24) is 20.2 Å². The Labute approximate surface area is 159 Å². The van der Waals surface area contributed by atoms with E-state index in [1.54, 1.807) is 28.9 Å². The lowest BCUT2D eigenvalue weighted by Crippen LogP contribution is -2.15. The fourth-order valence-corrected chi connectivity index (χ4v) is 3.04. The average Bonchev–Trinajstić information content (AvgIpc) is 3.15. The number of hydrogen-bond acceptors (Lipinski definition) is 7. The van der Waals surface area contributed by atoms with Crippen LogP contribution in [0.5, 0.6) is 0 Å². The molecule has 0 radical (unpaired) electrons. The number of tetrazole rings is 1. The number of aryl methyl sites for hydroxylation is 1. The van der Waals surface area contributed by atoms with Crippen LogP contribution in [0.2, 0.25) is 0 Å². The third-order valence-electron chi connectivity index (χ3n) is 3.71. The Kier molecular flexibility index (Phi) is 5.82. The van der Waals surface area contributed by atoms with Gasteiger partial charge in [0.2, 0.25) is 11.1 Å². The number of para-hydroxylation sites is 1. The first kappa shape index (κ1) is 18.6. The van der Waals surface area contributed by atoms with Gasteiger partial charge in [0.25, 0.3) is 0 Å². The summed E-state index contributed by atoms with van der Waals surface area (Å²) < 4.78 is 6.25. The number of ether oxygens (including phenoxy) is 1. The highest BCUT2D eigenvalue weighted by atomic mass is 32.2. The molecule has 0 aliphatic heterocycles. The number of rotatable bonds is 6. The van der Waals surface area contributed by atoms with Crippen LogP contribution in [0, 0.1) is 6.92 Å². The Morgan fingerprint density at radius 1 is 1.15 bits per heavy atom. The second-order valence-electron chi connectivity index (χ2n) is 5.57. The number of hydrogen-bond donors (Lipinski definition) is 1. The van der Waals surface area contributed by atoms with Crippen LogP contribution in [0.25, 0.3) is 5.69 Å². The maximum Gasteiger partial charge on any atom is 0.337 e. The molecule has 0 unspecified atom stereocenters. The molecule has 8 nitrogen and oxygen atoms in total. The topological polar surface area (TPSA) is 99.0 Å². The first-order chi connectivity index (χ1) is 13.1. The highest BCUT2D eigenvalue weighted by Gasteiger charge is 2.13. The normalized spacial score (nSPS) is 10.4. The monoisotopic (exact) mass is 383 g/mol. The number of nitrogens with zero attached hydrogens (tertiary/aromatic N) is 4. The van der Waals surface area contributed by atoms with Gasteiger partial charge in [0.15, 0.2) is 0 Å². The number of aromatic nitrogens is 4. The number of amides is 1. The lowest BCUT2D eigenvalue weighted by atomic mass is 10.2. The summed E-state index contributed by atoms with van der Waals surface area (Å²) in [6, 6.07) is 14.2. The zero-order chi connectivity index (χ0) is 19.2. The molecule has 138 valence electrons. The van der Waals surface area contributed by atoms with Gasteiger partial charge in [0.05, 0.1) is 24.1 Å². The van der Waals surface area contributed by atoms with E-state index in [1.807, 2.05) is 31.2 Å². The van der Waals surface area contributed by atoms with Crippen molar-refractivity contribution in [3.05, 3.63) is 59.7 Å². The molecule has 3 aromatic rings. The molecule has 1 aromatic heterocycles. The Hall–Kier alpha value is -3.20. The van der Waals surface area contributed by atoms with Crippen molar-refractivity contribution in [2.75, 3.05) is 18.2 Å². The lowest BCUT2D eigenvalue weighted by molar-refractivity contribution is -0.113. The van der Waals surface area contributed by atoms with E-state index >= 15 is 0 Å². The van der Waals surface area contributed by atoms with Crippen LogP contribution in [-0.4, -0.2) is 44.9 Å². The van der Waals surface area contributed by atoms with Crippen LogP contribution in [0.15, 0.2) is 53.7 Å². The Balaban J connectivity index is 1.61. The number of thioether (sulfide) groups is 1.